The Kier molecular flexibility index (Phi) is 5.52. The number of aromatic nitrogens is 3. The van der Waals surface area contributed by atoms with Crippen LogP contribution in [-0.4, -0.2) is 53.6 Å². The minimum absolute atomic E-state index is 0.310. The van der Waals surface area contributed by atoms with E-state index in [-0.39, 0.29) is 0 Å². The average Bonchev–Trinajstić information content (AvgIpc) is 3.27. The van der Waals surface area contributed by atoms with Crippen LogP contribution in [0.25, 0.3) is 10.2 Å². The van der Waals surface area contributed by atoms with E-state index >= 15 is 0 Å². The fraction of sp³-hybridized carbons (Fsp3) is 0.421. The van der Waals surface area contributed by atoms with Gasteiger partial charge in [-0.1, -0.05) is 22.9 Å². The molecule has 9 heteroatoms. The van der Waals surface area contributed by atoms with Crippen molar-refractivity contribution >= 4 is 44.3 Å². The van der Waals surface area contributed by atoms with E-state index in [9.17, 15) is 4.79 Å². The highest BCUT2D eigenvalue weighted by Crippen LogP contribution is 2.34. The van der Waals surface area contributed by atoms with E-state index < -0.39 is 5.97 Å². The Morgan fingerprint density at radius 1 is 1.32 bits per heavy atom. The zero-order chi connectivity index (χ0) is 19.7. The second-order valence-corrected chi connectivity index (χ2v) is 8.00. The number of hydrogen-bond acceptors (Lipinski definition) is 7. The fourth-order valence-corrected chi connectivity index (χ4v) is 4.61. The van der Waals surface area contributed by atoms with Gasteiger partial charge in [0, 0.05) is 29.4 Å². The summed E-state index contributed by atoms with van der Waals surface area (Å²) < 4.78 is 13.3. The summed E-state index contributed by atoms with van der Waals surface area (Å²) in [4.78, 5) is 19.1. The molecule has 0 bridgehead atoms. The van der Waals surface area contributed by atoms with Gasteiger partial charge in [0.15, 0.2) is 10.8 Å². The van der Waals surface area contributed by atoms with Gasteiger partial charge >= 0.3 is 5.97 Å². The first kappa shape index (κ1) is 19.2. The Balaban J connectivity index is 1.66. The van der Waals surface area contributed by atoms with Crippen molar-refractivity contribution in [2.75, 3.05) is 37.8 Å². The molecule has 0 atom stereocenters. The molecule has 0 spiro atoms. The Hall–Kier alpha value is -2.16. The molecule has 1 saturated heterocycles. The number of ether oxygens (including phenoxy) is 2. The molecule has 28 heavy (non-hydrogen) atoms. The van der Waals surface area contributed by atoms with Gasteiger partial charge in [-0.05, 0) is 32.0 Å². The fourth-order valence-electron chi connectivity index (χ4n) is 3.20. The molecule has 1 aliphatic heterocycles. The van der Waals surface area contributed by atoms with Crippen LogP contribution in [0.3, 0.4) is 0 Å². The van der Waals surface area contributed by atoms with Crippen molar-refractivity contribution in [3.8, 4) is 0 Å². The van der Waals surface area contributed by atoms with Crippen molar-refractivity contribution in [1.29, 1.82) is 0 Å². The molecule has 4 rings (SSSR count). The van der Waals surface area contributed by atoms with Crippen molar-refractivity contribution in [2.24, 2.45) is 0 Å². The Bertz CT molecular complexity index is 1010. The topological polar surface area (TPSA) is 69.5 Å². The van der Waals surface area contributed by atoms with E-state index in [4.69, 9.17) is 26.1 Å². The maximum absolute atomic E-state index is 12.0. The zero-order valence-corrected chi connectivity index (χ0v) is 17.3. The second kappa shape index (κ2) is 8.06. The molecular weight excluding hydrogens is 400 g/mol. The number of benzene rings is 1. The summed E-state index contributed by atoms with van der Waals surface area (Å²) in [7, 11) is 0. The van der Waals surface area contributed by atoms with Crippen molar-refractivity contribution in [2.45, 2.75) is 20.4 Å². The van der Waals surface area contributed by atoms with Crippen LogP contribution >= 0.6 is 22.9 Å². The molecule has 0 N–H and O–H groups in total. The maximum Gasteiger partial charge on any atom is 0.358 e. The van der Waals surface area contributed by atoms with E-state index in [1.54, 1.807) is 29.0 Å². The molecule has 3 heterocycles. The van der Waals surface area contributed by atoms with Crippen LogP contribution in [0, 0.1) is 6.92 Å². The lowest BCUT2D eigenvalue weighted by Gasteiger charge is -2.25. The number of carbonyl (C=O) groups is 1. The average molecular weight is 421 g/mol. The molecule has 1 aromatic carbocycles. The number of aryl methyl sites for hydroxylation is 1. The maximum atomic E-state index is 12.0. The van der Waals surface area contributed by atoms with Crippen molar-refractivity contribution < 1.29 is 14.3 Å². The van der Waals surface area contributed by atoms with Gasteiger partial charge in [0.05, 0.1) is 36.6 Å². The van der Waals surface area contributed by atoms with Crippen LogP contribution in [0.2, 0.25) is 5.02 Å². The third-order valence-corrected chi connectivity index (χ3v) is 5.88. The molecule has 0 saturated carbocycles. The molecular formula is C19H21ClN4O3S. The molecule has 148 valence electrons. The minimum Gasteiger partial charge on any atom is -0.461 e. The quantitative estimate of drug-likeness (QED) is 0.588. The summed E-state index contributed by atoms with van der Waals surface area (Å²) in [6.45, 7) is 7.60. The van der Waals surface area contributed by atoms with Crippen molar-refractivity contribution in [1.82, 2.24) is 14.8 Å². The molecule has 0 unspecified atom stereocenters. The predicted octanol–water partition coefficient (Wildman–Crippen LogP) is 3.52. The molecule has 7 nitrogen and oxygen atoms in total. The summed E-state index contributed by atoms with van der Waals surface area (Å²) in [5.41, 5.74) is 3.08. The van der Waals surface area contributed by atoms with Crippen LogP contribution in [-0.2, 0) is 16.0 Å². The largest absolute Gasteiger partial charge is 0.461 e. The highest BCUT2D eigenvalue weighted by atomic mass is 35.5. The summed E-state index contributed by atoms with van der Waals surface area (Å²) in [5, 5.41) is 6.04. The van der Waals surface area contributed by atoms with Crippen LogP contribution in [0.4, 0.5) is 5.13 Å². The SMILES string of the molecule is CCOC(=O)c1cc(C)n(Cc2cc(Cl)cc3sc(N4CCOCC4)nc23)n1. The zero-order valence-electron chi connectivity index (χ0n) is 15.8. The molecule has 1 fully saturated rings. The van der Waals surface area contributed by atoms with E-state index in [0.29, 0.717) is 37.1 Å². The van der Waals surface area contributed by atoms with Gasteiger partial charge in [-0.15, -0.1) is 0 Å². The number of rotatable bonds is 5. The first-order valence-electron chi connectivity index (χ1n) is 9.18. The highest BCUT2D eigenvalue weighted by molar-refractivity contribution is 7.22. The Labute approximate surface area is 171 Å². The third kappa shape index (κ3) is 3.85. The van der Waals surface area contributed by atoms with Gasteiger partial charge in [0.2, 0.25) is 0 Å². The summed E-state index contributed by atoms with van der Waals surface area (Å²) in [5.74, 6) is -0.413. The monoisotopic (exact) mass is 420 g/mol. The summed E-state index contributed by atoms with van der Waals surface area (Å²) in [6.07, 6.45) is 0. The lowest BCUT2D eigenvalue weighted by Crippen LogP contribution is -2.36. The van der Waals surface area contributed by atoms with Crippen LogP contribution in [0.5, 0.6) is 0 Å². The summed E-state index contributed by atoms with van der Waals surface area (Å²) >= 11 is 8.00. The normalized spacial score (nSPS) is 14.6. The number of nitrogens with zero attached hydrogens (tertiary/aromatic N) is 4. The van der Waals surface area contributed by atoms with Crippen molar-refractivity contribution in [3.63, 3.8) is 0 Å². The van der Waals surface area contributed by atoms with Gasteiger partial charge in [-0.2, -0.15) is 5.10 Å². The standard InChI is InChI=1S/C19H21ClN4O3S/c1-3-27-18(25)15-8-12(2)24(22-15)11-13-9-14(20)10-16-17(13)21-19(28-16)23-4-6-26-7-5-23/h8-10H,3-7,11H2,1-2H3. The van der Waals surface area contributed by atoms with E-state index in [2.05, 4.69) is 10.00 Å². The van der Waals surface area contributed by atoms with Crippen molar-refractivity contribution in [3.05, 3.63) is 40.2 Å². The predicted molar refractivity (Wildman–Crippen MR) is 110 cm³/mol. The molecule has 0 amide bonds. The van der Waals surface area contributed by atoms with Gasteiger partial charge in [0.25, 0.3) is 0 Å². The number of morpholine rings is 1. The number of fused-ring (bicyclic) bond motifs is 1. The Morgan fingerprint density at radius 2 is 2.11 bits per heavy atom. The number of anilines is 1. The van der Waals surface area contributed by atoms with Gasteiger partial charge in [0.1, 0.15) is 0 Å². The molecule has 0 radical (unpaired) electrons. The molecule has 3 aromatic rings. The number of esters is 1. The van der Waals surface area contributed by atoms with E-state index in [0.717, 1.165) is 39.7 Å². The lowest BCUT2D eigenvalue weighted by atomic mass is 10.2. The van der Waals surface area contributed by atoms with Gasteiger partial charge in [-0.3, -0.25) is 4.68 Å². The van der Waals surface area contributed by atoms with Crippen LogP contribution in [0.15, 0.2) is 18.2 Å². The van der Waals surface area contributed by atoms with Crippen LogP contribution in [0.1, 0.15) is 28.7 Å². The van der Waals surface area contributed by atoms with E-state index in [1.165, 1.54) is 0 Å². The third-order valence-electron chi connectivity index (χ3n) is 4.59. The second-order valence-electron chi connectivity index (χ2n) is 6.56. The van der Waals surface area contributed by atoms with E-state index in [1.807, 2.05) is 19.1 Å². The number of halogens is 1. The first-order chi connectivity index (χ1) is 13.5. The van der Waals surface area contributed by atoms with Crippen LogP contribution < -0.4 is 4.90 Å². The lowest BCUT2D eigenvalue weighted by molar-refractivity contribution is 0.0518. The minimum atomic E-state index is -0.413. The molecule has 0 aliphatic carbocycles. The molecule has 1 aliphatic rings. The smallest absolute Gasteiger partial charge is 0.358 e. The number of carbonyl (C=O) groups excluding carboxylic acids is 1. The first-order valence-corrected chi connectivity index (χ1v) is 10.4. The summed E-state index contributed by atoms with van der Waals surface area (Å²) in [6, 6.07) is 5.60. The highest BCUT2D eigenvalue weighted by Gasteiger charge is 2.19. The Morgan fingerprint density at radius 3 is 2.86 bits per heavy atom. The molecule has 2 aromatic heterocycles. The van der Waals surface area contributed by atoms with Gasteiger partial charge in [-0.25, -0.2) is 9.78 Å². The number of thiazole rings is 1. The number of hydrogen-bond donors (Lipinski definition) is 0. The van der Waals surface area contributed by atoms with Gasteiger partial charge < -0.3 is 14.4 Å².